The summed E-state index contributed by atoms with van der Waals surface area (Å²) in [4.78, 5) is 37.5. The highest BCUT2D eigenvalue weighted by Crippen LogP contribution is 2.19. The molecule has 0 bridgehead atoms. The van der Waals surface area contributed by atoms with Gasteiger partial charge in [-0.3, -0.25) is 9.59 Å². The topological polar surface area (TPSA) is 108 Å². The number of likely N-dealkylation sites (N-methyl/N-ethyl adjacent to an activating group) is 1. The quantitative estimate of drug-likeness (QED) is 0.0278. The SMILES string of the molecule is CCCCCCCCCCCCCCCCCCCCCCCCCCCCC(=O)OC(COC(=O)CCCCCCCCCCCCCCCCCCCCCCCCC)COC(OCC[N+](C)(C)C)C(=O)O. The van der Waals surface area contributed by atoms with Crippen LogP contribution in [0.4, 0.5) is 0 Å². The van der Waals surface area contributed by atoms with E-state index in [1.807, 2.05) is 21.1 Å². The Bertz CT molecular complexity index is 1180. The third-order valence-corrected chi connectivity index (χ3v) is 15.1. The monoisotopic (exact) mass is 1050 g/mol. The molecule has 0 saturated heterocycles. The normalized spacial score (nSPS) is 12.6. The van der Waals surface area contributed by atoms with Crippen LogP contribution in [0.25, 0.3) is 0 Å². The fourth-order valence-electron chi connectivity index (χ4n) is 10.1. The number of carboxylic acid groups (broad SMARTS) is 1. The molecule has 0 saturated carbocycles. The number of aliphatic carboxylic acids is 1. The Morgan fingerprint density at radius 2 is 0.608 bits per heavy atom. The van der Waals surface area contributed by atoms with Crippen molar-refractivity contribution in [2.24, 2.45) is 0 Å². The van der Waals surface area contributed by atoms with E-state index < -0.39 is 18.4 Å². The van der Waals surface area contributed by atoms with Crippen LogP contribution in [-0.2, 0) is 33.3 Å². The predicted octanol–water partition coefficient (Wildman–Crippen LogP) is 19.5. The number of rotatable bonds is 62. The molecular weight excluding hydrogens is 923 g/mol. The summed E-state index contributed by atoms with van der Waals surface area (Å²) in [6.45, 7) is 4.97. The molecule has 0 aromatic heterocycles. The smallest absolute Gasteiger partial charge is 0.361 e. The minimum atomic E-state index is -1.50. The molecule has 0 spiro atoms. The number of carboxylic acids is 1. The number of quaternary nitrogens is 1. The van der Waals surface area contributed by atoms with Gasteiger partial charge in [0.25, 0.3) is 6.29 Å². The lowest BCUT2D eigenvalue weighted by molar-refractivity contribution is -0.870. The maximum absolute atomic E-state index is 12.9. The molecule has 2 unspecified atom stereocenters. The first-order valence-corrected chi connectivity index (χ1v) is 32.7. The molecule has 2 atom stereocenters. The molecule has 0 aromatic carbocycles. The van der Waals surface area contributed by atoms with Gasteiger partial charge in [-0.25, -0.2) is 4.79 Å². The van der Waals surface area contributed by atoms with Crippen LogP contribution in [0.1, 0.15) is 341 Å². The molecule has 0 fully saturated rings. The first-order valence-electron chi connectivity index (χ1n) is 32.7. The summed E-state index contributed by atoms with van der Waals surface area (Å²) < 4.78 is 23.0. The van der Waals surface area contributed by atoms with E-state index >= 15 is 0 Å². The van der Waals surface area contributed by atoms with E-state index in [2.05, 4.69) is 13.8 Å². The van der Waals surface area contributed by atoms with Gasteiger partial charge in [0.15, 0.2) is 6.10 Å². The van der Waals surface area contributed by atoms with Gasteiger partial charge in [-0.15, -0.1) is 0 Å². The van der Waals surface area contributed by atoms with Gasteiger partial charge in [-0.05, 0) is 12.8 Å². The van der Waals surface area contributed by atoms with Crippen LogP contribution in [-0.4, -0.2) is 87.4 Å². The molecule has 9 heteroatoms. The lowest BCUT2D eigenvalue weighted by Gasteiger charge is -2.25. The molecule has 0 aliphatic rings. The summed E-state index contributed by atoms with van der Waals surface area (Å²) in [5, 5.41) is 9.73. The van der Waals surface area contributed by atoms with Crippen LogP contribution in [0.15, 0.2) is 0 Å². The van der Waals surface area contributed by atoms with E-state index in [-0.39, 0.29) is 38.2 Å². The number of carbonyl (C=O) groups is 3. The Labute approximate surface area is 460 Å². The number of hydrogen-bond acceptors (Lipinski definition) is 7. The van der Waals surface area contributed by atoms with Crippen molar-refractivity contribution in [3.05, 3.63) is 0 Å². The predicted molar refractivity (Wildman–Crippen MR) is 314 cm³/mol. The second kappa shape index (κ2) is 57.5. The highest BCUT2D eigenvalue weighted by molar-refractivity contribution is 5.71. The molecule has 0 radical (unpaired) electrons. The minimum absolute atomic E-state index is 0.172. The van der Waals surface area contributed by atoms with Gasteiger partial charge >= 0.3 is 17.9 Å². The second-order valence-corrected chi connectivity index (χ2v) is 23.8. The minimum Gasteiger partial charge on any atom is -0.477 e. The van der Waals surface area contributed by atoms with Crippen molar-refractivity contribution < 1.29 is 42.9 Å². The van der Waals surface area contributed by atoms with E-state index in [1.54, 1.807) is 0 Å². The van der Waals surface area contributed by atoms with Crippen molar-refractivity contribution in [2.75, 3.05) is 47.5 Å². The number of esters is 2. The third kappa shape index (κ3) is 58.0. The third-order valence-electron chi connectivity index (χ3n) is 15.1. The number of nitrogens with zero attached hydrogens (tertiary/aromatic N) is 1. The molecule has 0 rings (SSSR count). The van der Waals surface area contributed by atoms with Gasteiger partial charge < -0.3 is 28.5 Å². The van der Waals surface area contributed by atoms with Gasteiger partial charge in [-0.2, -0.15) is 0 Å². The molecular formula is C65H128NO8+. The van der Waals surface area contributed by atoms with Crippen LogP contribution >= 0.6 is 0 Å². The van der Waals surface area contributed by atoms with E-state index in [4.69, 9.17) is 18.9 Å². The van der Waals surface area contributed by atoms with Gasteiger partial charge in [-0.1, -0.05) is 316 Å². The summed E-state index contributed by atoms with van der Waals surface area (Å²) >= 11 is 0. The van der Waals surface area contributed by atoms with Crippen LogP contribution < -0.4 is 0 Å². The Kier molecular flexibility index (Phi) is 56.1. The zero-order valence-electron chi connectivity index (χ0n) is 50.3. The second-order valence-electron chi connectivity index (χ2n) is 23.8. The first kappa shape index (κ1) is 72.3. The zero-order valence-corrected chi connectivity index (χ0v) is 50.3. The molecule has 0 amide bonds. The van der Waals surface area contributed by atoms with E-state index in [9.17, 15) is 19.5 Å². The van der Waals surface area contributed by atoms with Crippen LogP contribution in [0.5, 0.6) is 0 Å². The highest BCUT2D eigenvalue weighted by Gasteiger charge is 2.25. The summed E-state index contributed by atoms with van der Waals surface area (Å²) in [6, 6.07) is 0. The fourth-order valence-corrected chi connectivity index (χ4v) is 10.1. The van der Waals surface area contributed by atoms with Crippen molar-refractivity contribution in [1.82, 2.24) is 0 Å². The molecule has 440 valence electrons. The van der Waals surface area contributed by atoms with Crippen LogP contribution in [0, 0.1) is 0 Å². The number of hydrogen-bond donors (Lipinski definition) is 1. The van der Waals surface area contributed by atoms with Crippen molar-refractivity contribution in [2.45, 2.75) is 354 Å². The Hall–Kier alpha value is -1.71. The number of unbranched alkanes of at least 4 members (excludes halogenated alkanes) is 47. The van der Waals surface area contributed by atoms with Crippen LogP contribution in [0.2, 0.25) is 0 Å². The van der Waals surface area contributed by atoms with Gasteiger partial charge in [0, 0.05) is 12.8 Å². The van der Waals surface area contributed by atoms with Crippen molar-refractivity contribution in [3.63, 3.8) is 0 Å². The van der Waals surface area contributed by atoms with Gasteiger partial charge in [0.05, 0.1) is 34.4 Å². The average Bonchev–Trinajstić information content (AvgIpc) is 3.37. The average molecular weight is 1050 g/mol. The summed E-state index contributed by atoms with van der Waals surface area (Å²) in [5.41, 5.74) is 0. The number of ether oxygens (including phenoxy) is 4. The standard InChI is InChI=1S/C65H127NO8/c1-6-8-10-12-14-16-18-20-22-24-26-28-30-31-32-34-36-38-40-42-44-46-48-50-52-54-56-63(68)74-61(60-73-65(64(69)70)71-58-57-66(3,4)5)59-72-62(67)55-53-51-49-47-45-43-41-39-37-35-33-29-27-25-23-21-19-17-15-13-11-9-7-2/h61,65H,6-60H2,1-5H3/p+1. The summed E-state index contributed by atoms with van der Waals surface area (Å²) in [5.74, 6) is -1.97. The molecule has 9 nitrogen and oxygen atoms in total. The van der Waals surface area contributed by atoms with E-state index in [1.165, 1.54) is 276 Å². The molecule has 0 aromatic rings. The zero-order chi connectivity index (χ0) is 54.1. The maximum Gasteiger partial charge on any atom is 0.361 e. The van der Waals surface area contributed by atoms with E-state index in [0.29, 0.717) is 17.4 Å². The Balaban J connectivity index is 4.10. The van der Waals surface area contributed by atoms with Crippen LogP contribution in [0.3, 0.4) is 0 Å². The van der Waals surface area contributed by atoms with E-state index in [0.717, 1.165) is 38.5 Å². The van der Waals surface area contributed by atoms with Crippen molar-refractivity contribution in [3.8, 4) is 0 Å². The van der Waals surface area contributed by atoms with Gasteiger partial charge in [0.2, 0.25) is 0 Å². The fraction of sp³-hybridized carbons (Fsp3) is 0.954. The molecule has 74 heavy (non-hydrogen) atoms. The highest BCUT2D eigenvalue weighted by atomic mass is 16.7. The lowest BCUT2D eigenvalue weighted by Crippen LogP contribution is -2.40. The van der Waals surface area contributed by atoms with Gasteiger partial charge in [0.1, 0.15) is 13.2 Å². The molecule has 1 N–H and O–H groups in total. The maximum atomic E-state index is 12.9. The lowest BCUT2D eigenvalue weighted by atomic mass is 10.0. The molecule has 0 heterocycles. The largest absolute Gasteiger partial charge is 0.477 e. The summed E-state index contributed by atoms with van der Waals surface area (Å²) in [7, 11) is 5.99. The molecule has 0 aliphatic heterocycles. The van der Waals surface area contributed by atoms with Crippen molar-refractivity contribution >= 4 is 17.9 Å². The summed E-state index contributed by atoms with van der Waals surface area (Å²) in [6.07, 6.45) is 63.4. The number of carbonyl (C=O) groups excluding carboxylic acids is 2. The first-order chi connectivity index (χ1) is 36.1. The Morgan fingerprint density at radius 3 is 0.865 bits per heavy atom. The Morgan fingerprint density at radius 1 is 0.351 bits per heavy atom. The van der Waals surface area contributed by atoms with Crippen molar-refractivity contribution in [1.29, 1.82) is 0 Å². The molecule has 0 aliphatic carbocycles.